The van der Waals surface area contributed by atoms with Gasteiger partial charge in [0.1, 0.15) is 0 Å². The van der Waals surface area contributed by atoms with Gasteiger partial charge in [0.05, 0.1) is 17.9 Å². The molecule has 0 spiro atoms. The number of amides is 1. The summed E-state index contributed by atoms with van der Waals surface area (Å²) in [5.74, 6) is -0.316. The summed E-state index contributed by atoms with van der Waals surface area (Å²) < 4.78 is 0.939. The van der Waals surface area contributed by atoms with Gasteiger partial charge in [-0.1, -0.05) is 28.8 Å². The van der Waals surface area contributed by atoms with Crippen LogP contribution in [0.15, 0.2) is 22.7 Å². The minimum atomic E-state index is -0.316. The van der Waals surface area contributed by atoms with Crippen LogP contribution in [0.1, 0.15) is 25.7 Å². The van der Waals surface area contributed by atoms with Gasteiger partial charge in [-0.05, 0) is 31.0 Å². The number of anilines is 2. The van der Waals surface area contributed by atoms with E-state index in [9.17, 15) is 4.79 Å². The standard InChI is InChI=1S/C13H18BrN3O/c14-9-5-6-12(11(15)7-9)17(8-13(16)18)10-3-1-2-4-10/h5-7,10H,1-4,8,15H2,(H2,16,18). The summed E-state index contributed by atoms with van der Waals surface area (Å²) in [5, 5.41) is 0. The van der Waals surface area contributed by atoms with E-state index in [1.807, 2.05) is 18.2 Å². The van der Waals surface area contributed by atoms with E-state index in [0.717, 1.165) is 23.0 Å². The first-order valence-electron chi connectivity index (χ1n) is 6.18. The molecule has 4 N–H and O–H groups in total. The summed E-state index contributed by atoms with van der Waals surface area (Å²) in [7, 11) is 0. The van der Waals surface area contributed by atoms with Crippen LogP contribution in [0.25, 0.3) is 0 Å². The molecule has 0 aliphatic heterocycles. The first-order chi connectivity index (χ1) is 8.58. The van der Waals surface area contributed by atoms with E-state index in [1.165, 1.54) is 12.8 Å². The first kappa shape index (κ1) is 13.2. The van der Waals surface area contributed by atoms with Gasteiger partial charge < -0.3 is 16.4 Å². The summed E-state index contributed by atoms with van der Waals surface area (Å²) >= 11 is 3.39. The third kappa shape index (κ3) is 2.96. The zero-order valence-electron chi connectivity index (χ0n) is 10.2. The molecule has 1 aromatic carbocycles. The quantitative estimate of drug-likeness (QED) is 0.838. The van der Waals surface area contributed by atoms with Gasteiger partial charge in [-0.2, -0.15) is 0 Å². The topological polar surface area (TPSA) is 72.4 Å². The van der Waals surface area contributed by atoms with Crippen LogP contribution in [0.2, 0.25) is 0 Å². The van der Waals surface area contributed by atoms with Gasteiger partial charge in [0.25, 0.3) is 0 Å². The average Bonchev–Trinajstić information content (AvgIpc) is 2.79. The van der Waals surface area contributed by atoms with E-state index in [0.29, 0.717) is 11.7 Å². The number of hydrogen-bond donors (Lipinski definition) is 2. The van der Waals surface area contributed by atoms with Crippen molar-refractivity contribution in [3.63, 3.8) is 0 Å². The molecule has 1 aliphatic carbocycles. The van der Waals surface area contributed by atoms with Crippen molar-refractivity contribution in [1.29, 1.82) is 0 Å². The van der Waals surface area contributed by atoms with Crippen molar-refractivity contribution in [3.8, 4) is 0 Å². The molecule has 5 heteroatoms. The SMILES string of the molecule is NC(=O)CN(c1ccc(Br)cc1N)C1CCCC1. The Morgan fingerprint density at radius 2 is 2.06 bits per heavy atom. The molecule has 0 bridgehead atoms. The number of nitrogens with two attached hydrogens (primary N) is 2. The summed E-state index contributed by atoms with van der Waals surface area (Å²) in [6.07, 6.45) is 4.61. The van der Waals surface area contributed by atoms with Crippen LogP contribution >= 0.6 is 15.9 Å². The molecule has 1 saturated carbocycles. The molecule has 1 fully saturated rings. The first-order valence-corrected chi connectivity index (χ1v) is 6.97. The maximum absolute atomic E-state index is 11.2. The smallest absolute Gasteiger partial charge is 0.236 e. The Bertz CT molecular complexity index is 444. The van der Waals surface area contributed by atoms with E-state index >= 15 is 0 Å². The molecule has 4 nitrogen and oxygen atoms in total. The van der Waals surface area contributed by atoms with Crippen molar-refractivity contribution in [2.45, 2.75) is 31.7 Å². The van der Waals surface area contributed by atoms with Crippen molar-refractivity contribution < 1.29 is 4.79 Å². The van der Waals surface area contributed by atoms with Crippen LogP contribution in [0.4, 0.5) is 11.4 Å². The lowest BCUT2D eigenvalue weighted by Gasteiger charge is -2.31. The lowest BCUT2D eigenvalue weighted by Crippen LogP contribution is -2.40. The fraction of sp³-hybridized carbons (Fsp3) is 0.462. The van der Waals surface area contributed by atoms with Crippen molar-refractivity contribution in [1.82, 2.24) is 0 Å². The van der Waals surface area contributed by atoms with Crippen LogP contribution in [0, 0.1) is 0 Å². The number of nitrogens with zero attached hydrogens (tertiary/aromatic N) is 1. The maximum Gasteiger partial charge on any atom is 0.236 e. The summed E-state index contributed by atoms with van der Waals surface area (Å²) in [4.78, 5) is 13.3. The van der Waals surface area contributed by atoms with E-state index in [1.54, 1.807) is 0 Å². The van der Waals surface area contributed by atoms with Gasteiger partial charge >= 0.3 is 0 Å². The Hall–Kier alpha value is -1.23. The Kier molecular flexibility index (Phi) is 4.11. The largest absolute Gasteiger partial charge is 0.397 e. The molecular weight excluding hydrogens is 294 g/mol. The molecule has 0 heterocycles. The Morgan fingerprint density at radius 1 is 1.39 bits per heavy atom. The number of carbonyl (C=O) groups is 1. The van der Waals surface area contributed by atoms with Gasteiger partial charge in [-0.25, -0.2) is 0 Å². The molecular formula is C13H18BrN3O. The third-order valence-corrected chi connectivity index (χ3v) is 3.88. The number of benzene rings is 1. The summed E-state index contributed by atoms with van der Waals surface area (Å²) in [6.45, 7) is 0.233. The summed E-state index contributed by atoms with van der Waals surface area (Å²) in [5.41, 5.74) is 13.0. The normalized spacial score (nSPS) is 15.8. The average molecular weight is 312 g/mol. The number of primary amides is 1. The van der Waals surface area contributed by atoms with E-state index in [-0.39, 0.29) is 12.5 Å². The van der Waals surface area contributed by atoms with Crippen LogP contribution in [0.5, 0.6) is 0 Å². The highest BCUT2D eigenvalue weighted by atomic mass is 79.9. The molecule has 0 saturated heterocycles. The molecule has 1 aromatic rings. The van der Waals surface area contributed by atoms with Crippen LogP contribution in [-0.4, -0.2) is 18.5 Å². The lowest BCUT2D eigenvalue weighted by molar-refractivity contribution is -0.116. The number of hydrogen-bond acceptors (Lipinski definition) is 3. The van der Waals surface area contributed by atoms with Gasteiger partial charge in [0.15, 0.2) is 0 Å². The second kappa shape index (κ2) is 5.61. The van der Waals surface area contributed by atoms with Gasteiger partial charge in [-0.15, -0.1) is 0 Å². The van der Waals surface area contributed by atoms with E-state index in [2.05, 4.69) is 20.8 Å². The molecule has 18 heavy (non-hydrogen) atoms. The summed E-state index contributed by atoms with van der Waals surface area (Å²) in [6, 6.07) is 6.12. The maximum atomic E-state index is 11.2. The molecule has 0 aromatic heterocycles. The van der Waals surface area contributed by atoms with Crippen molar-refractivity contribution in [2.75, 3.05) is 17.2 Å². The third-order valence-electron chi connectivity index (χ3n) is 3.39. The van der Waals surface area contributed by atoms with E-state index < -0.39 is 0 Å². The molecule has 98 valence electrons. The Balaban J connectivity index is 2.29. The number of nitrogen functional groups attached to an aromatic ring is 1. The van der Waals surface area contributed by atoms with E-state index in [4.69, 9.17) is 11.5 Å². The molecule has 0 atom stereocenters. The molecule has 1 aliphatic rings. The highest BCUT2D eigenvalue weighted by Crippen LogP contribution is 2.33. The number of carbonyl (C=O) groups excluding carboxylic acids is 1. The molecule has 1 amide bonds. The predicted octanol–water partition coefficient (Wildman–Crippen LogP) is 2.27. The zero-order valence-corrected chi connectivity index (χ0v) is 11.8. The molecule has 0 radical (unpaired) electrons. The Morgan fingerprint density at radius 3 is 2.61 bits per heavy atom. The molecule has 0 unspecified atom stereocenters. The minimum absolute atomic E-state index is 0.233. The number of rotatable bonds is 4. The highest BCUT2D eigenvalue weighted by molar-refractivity contribution is 9.10. The van der Waals surface area contributed by atoms with Crippen molar-refractivity contribution >= 4 is 33.2 Å². The van der Waals surface area contributed by atoms with Crippen molar-refractivity contribution in [2.24, 2.45) is 5.73 Å². The van der Waals surface area contributed by atoms with Gasteiger partial charge in [-0.3, -0.25) is 4.79 Å². The van der Waals surface area contributed by atoms with Crippen molar-refractivity contribution in [3.05, 3.63) is 22.7 Å². The Labute approximate surface area is 115 Å². The number of halogens is 1. The second-order valence-electron chi connectivity index (χ2n) is 4.74. The van der Waals surface area contributed by atoms with Crippen LogP contribution < -0.4 is 16.4 Å². The van der Waals surface area contributed by atoms with Gasteiger partial charge in [0.2, 0.25) is 5.91 Å². The monoisotopic (exact) mass is 311 g/mol. The zero-order chi connectivity index (χ0) is 13.1. The minimum Gasteiger partial charge on any atom is -0.397 e. The molecule has 2 rings (SSSR count). The highest BCUT2D eigenvalue weighted by Gasteiger charge is 2.25. The fourth-order valence-electron chi connectivity index (χ4n) is 2.58. The van der Waals surface area contributed by atoms with Crippen LogP contribution in [0.3, 0.4) is 0 Å². The lowest BCUT2D eigenvalue weighted by atomic mass is 10.1. The van der Waals surface area contributed by atoms with Gasteiger partial charge in [0, 0.05) is 10.5 Å². The van der Waals surface area contributed by atoms with Crippen LogP contribution in [-0.2, 0) is 4.79 Å². The second-order valence-corrected chi connectivity index (χ2v) is 5.65. The fourth-order valence-corrected chi connectivity index (χ4v) is 2.96. The predicted molar refractivity (Wildman–Crippen MR) is 77.4 cm³/mol.